The molecule has 3 unspecified atom stereocenters. The number of hydrogen-bond acceptors (Lipinski definition) is 5. The van der Waals surface area contributed by atoms with E-state index >= 15 is 0 Å². The average molecular weight is 442 g/mol. The third-order valence-electron chi connectivity index (χ3n) is 6.20. The molecule has 1 saturated heterocycles. The number of aromatic hydroxyl groups is 1. The van der Waals surface area contributed by atoms with Gasteiger partial charge in [-0.2, -0.15) is 0 Å². The van der Waals surface area contributed by atoms with Crippen LogP contribution in [0.25, 0.3) is 0 Å². The summed E-state index contributed by atoms with van der Waals surface area (Å²) in [6.07, 6.45) is 1.97. The first-order valence-corrected chi connectivity index (χ1v) is 12.0. The first-order chi connectivity index (χ1) is 14.9. The van der Waals surface area contributed by atoms with Crippen LogP contribution in [-0.4, -0.2) is 70.5 Å². The van der Waals surface area contributed by atoms with E-state index in [9.17, 15) is 9.90 Å². The van der Waals surface area contributed by atoms with Gasteiger partial charge in [0.05, 0.1) is 10.9 Å². The van der Waals surface area contributed by atoms with E-state index in [1.165, 1.54) is 0 Å². The van der Waals surface area contributed by atoms with Gasteiger partial charge in [-0.1, -0.05) is 18.2 Å². The lowest BCUT2D eigenvalue weighted by Crippen LogP contribution is -2.57. The summed E-state index contributed by atoms with van der Waals surface area (Å²) >= 11 is 1.57. The monoisotopic (exact) mass is 441 g/mol. The Kier molecular flexibility index (Phi) is 7.92. The minimum atomic E-state index is -0.00122. The largest absolute Gasteiger partial charge is 0.508 e. The van der Waals surface area contributed by atoms with Gasteiger partial charge in [-0.05, 0) is 57.5 Å². The van der Waals surface area contributed by atoms with Gasteiger partial charge < -0.3 is 10.0 Å². The smallest absolute Gasteiger partial charge is 0.263 e. The van der Waals surface area contributed by atoms with Crippen LogP contribution >= 0.6 is 11.3 Å². The fourth-order valence-electron chi connectivity index (χ4n) is 4.50. The Hall–Kier alpha value is -2.15. The molecule has 0 aliphatic carbocycles. The maximum Gasteiger partial charge on any atom is 0.263 e. The normalized spacial score (nSPS) is 21.0. The van der Waals surface area contributed by atoms with Crippen molar-refractivity contribution in [2.24, 2.45) is 0 Å². The lowest BCUT2D eigenvalue weighted by atomic mass is 9.98. The number of phenolic OH excluding ortho intramolecular Hbond substituents is 1. The third kappa shape index (κ3) is 5.20. The zero-order valence-electron chi connectivity index (χ0n) is 19.1. The van der Waals surface area contributed by atoms with Crippen molar-refractivity contribution < 1.29 is 9.90 Å². The molecule has 0 radical (unpaired) electrons. The molecule has 0 bridgehead atoms. The van der Waals surface area contributed by atoms with Gasteiger partial charge in [0, 0.05) is 49.7 Å². The SMILES string of the molecule is C=CCN1CC(C)N(C(c2cccc(O)c2)c2ccc(C(=O)N(CC)CC)s2)CC1C. The van der Waals surface area contributed by atoms with Crippen molar-refractivity contribution in [2.75, 3.05) is 32.7 Å². The number of nitrogens with zero attached hydrogens (tertiary/aromatic N) is 3. The van der Waals surface area contributed by atoms with Crippen molar-refractivity contribution in [3.63, 3.8) is 0 Å². The van der Waals surface area contributed by atoms with Crippen molar-refractivity contribution in [2.45, 2.75) is 45.8 Å². The molecular weight excluding hydrogens is 406 g/mol. The number of carbonyl (C=O) groups is 1. The summed E-state index contributed by atoms with van der Waals surface area (Å²) in [5.74, 6) is 0.359. The number of carbonyl (C=O) groups excluding carboxylic acids is 1. The fourth-order valence-corrected chi connectivity index (χ4v) is 5.63. The van der Waals surface area contributed by atoms with Crippen molar-refractivity contribution in [1.82, 2.24) is 14.7 Å². The summed E-state index contributed by atoms with van der Waals surface area (Å²) in [5, 5.41) is 10.2. The quantitative estimate of drug-likeness (QED) is 0.608. The van der Waals surface area contributed by atoms with E-state index in [0.717, 1.165) is 35.0 Å². The van der Waals surface area contributed by atoms with E-state index in [0.29, 0.717) is 25.2 Å². The second kappa shape index (κ2) is 10.4. The molecule has 2 heterocycles. The number of piperazine rings is 1. The second-order valence-corrected chi connectivity index (χ2v) is 9.43. The van der Waals surface area contributed by atoms with Crippen LogP contribution in [0.1, 0.15) is 53.8 Å². The molecule has 0 spiro atoms. The number of rotatable bonds is 8. The molecule has 3 rings (SSSR count). The highest BCUT2D eigenvalue weighted by Gasteiger charge is 2.35. The number of phenols is 1. The highest BCUT2D eigenvalue weighted by Crippen LogP contribution is 2.38. The summed E-state index contributed by atoms with van der Waals surface area (Å²) in [7, 11) is 0. The standard InChI is InChI=1S/C25H35N3O2S/c1-6-14-27-16-19(5)28(17-18(27)4)24(20-10-9-11-21(29)15-20)22-12-13-23(31-22)25(30)26(7-2)8-3/h6,9-13,15,18-19,24,29H,1,7-8,14,16-17H2,2-5H3. The van der Waals surface area contributed by atoms with Crippen LogP contribution in [0.4, 0.5) is 0 Å². The van der Waals surface area contributed by atoms with Gasteiger partial charge >= 0.3 is 0 Å². The molecule has 1 aromatic carbocycles. The second-order valence-electron chi connectivity index (χ2n) is 8.31. The van der Waals surface area contributed by atoms with Crippen LogP contribution < -0.4 is 0 Å². The van der Waals surface area contributed by atoms with E-state index in [2.05, 4.69) is 42.4 Å². The van der Waals surface area contributed by atoms with Crippen molar-refractivity contribution in [3.8, 4) is 5.75 Å². The fraction of sp³-hybridized carbons (Fsp3) is 0.480. The highest BCUT2D eigenvalue weighted by atomic mass is 32.1. The zero-order valence-corrected chi connectivity index (χ0v) is 19.9. The van der Waals surface area contributed by atoms with Crippen LogP contribution in [0, 0.1) is 0 Å². The minimum Gasteiger partial charge on any atom is -0.508 e. The predicted molar refractivity (Wildman–Crippen MR) is 129 cm³/mol. The van der Waals surface area contributed by atoms with Gasteiger partial charge in [-0.15, -0.1) is 17.9 Å². The van der Waals surface area contributed by atoms with Gasteiger partial charge in [0.2, 0.25) is 0 Å². The molecule has 1 aromatic heterocycles. The Balaban J connectivity index is 1.97. The Morgan fingerprint density at radius 3 is 2.61 bits per heavy atom. The molecule has 1 fully saturated rings. The Bertz CT molecular complexity index is 892. The summed E-state index contributed by atoms with van der Waals surface area (Å²) in [4.78, 5) is 21.6. The van der Waals surface area contributed by atoms with E-state index in [-0.39, 0.29) is 17.7 Å². The Morgan fingerprint density at radius 1 is 1.23 bits per heavy atom. The van der Waals surface area contributed by atoms with Gasteiger partial charge in [-0.3, -0.25) is 14.6 Å². The number of thiophene rings is 1. The molecule has 31 heavy (non-hydrogen) atoms. The first kappa shape index (κ1) is 23.5. The molecule has 1 aliphatic rings. The summed E-state index contributed by atoms with van der Waals surface area (Å²) in [5.41, 5.74) is 1.06. The molecule has 6 heteroatoms. The Labute approximate surface area is 190 Å². The van der Waals surface area contributed by atoms with Gasteiger partial charge in [0.15, 0.2) is 0 Å². The zero-order chi connectivity index (χ0) is 22.5. The van der Waals surface area contributed by atoms with Crippen LogP contribution in [0.2, 0.25) is 0 Å². The maximum atomic E-state index is 12.9. The first-order valence-electron chi connectivity index (χ1n) is 11.2. The molecule has 168 valence electrons. The molecule has 1 amide bonds. The van der Waals surface area contributed by atoms with Gasteiger partial charge in [0.25, 0.3) is 5.91 Å². The number of hydrogen-bond donors (Lipinski definition) is 1. The van der Waals surface area contributed by atoms with E-state index in [4.69, 9.17) is 0 Å². The van der Waals surface area contributed by atoms with E-state index in [1.807, 2.05) is 43.0 Å². The van der Waals surface area contributed by atoms with Crippen LogP contribution in [0.15, 0.2) is 49.1 Å². The number of benzene rings is 1. The molecule has 0 saturated carbocycles. The molecule has 1 N–H and O–H groups in total. The average Bonchev–Trinajstić information content (AvgIpc) is 3.22. The van der Waals surface area contributed by atoms with E-state index < -0.39 is 0 Å². The predicted octanol–water partition coefficient (Wildman–Crippen LogP) is 4.61. The summed E-state index contributed by atoms with van der Waals surface area (Å²) in [6, 6.07) is 12.3. The topological polar surface area (TPSA) is 47.0 Å². The maximum absolute atomic E-state index is 12.9. The molecule has 3 atom stereocenters. The van der Waals surface area contributed by atoms with Crippen LogP contribution in [0.5, 0.6) is 5.75 Å². The van der Waals surface area contributed by atoms with E-state index in [1.54, 1.807) is 17.4 Å². The molecular formula is C25H35N3O2S. The lowest BCUT2D eigenvalue weighted by Gasteiger charge is -2.47. The van der Waals surface area contributed by atoms with Crippen LogP contribution in [0.3, 0.4) is 0 Å². The molecule has 1 aliphatic heterocycles. The molecule has 5 nitrogen and oxygen atoms in total. The number of amides is 1. The summed E-state index contributed by atoms with van der Waals surface area (Å²) in [6.45, 7) is 16.6. The van der Waals surface area contributed by atoms with Crippen molar-refractivity contribution in [3.05, 3.63) is 64.4 Å². The van der Waals surface area contributed by atoms with Gasteiger partial charge in [0.1, 0.15) is 5.75 Å². The van der Waals surface area contributed by atoms with Gasteiger partial charge in [-0.25, -0.2) is 0 Å². The highest BCUT2D eigenvalue weighted by molar-refractivity contribution is 7.14. The van der Waals surface area contributed by atoms with Crippen LogP contribution in [-0.2, 0) is 0 Å². The minimum absolute atomic E-state index is 0.00122. The van der Waals surface area contributed by atoms with Crippen molar-refractivity contribution in [1.29, 1.82) is 0 Å². The molecule has 2 aromatic rings. The Morgan fingerprint density at radius 2 is 1.97 bits per heavy atom. The third-order valence-corrected chi connectivity index (χ3v) is 7.33. The van der Waals surface area contributed by atoms with Crippen molar-refractivity contribution >= 4 is 17.2 Å². The summed E-state index contributed by atoms with van der Waals surface area (Å²) < 4.78 is 0. The lowest BCUT2D eigenvalue weighted by molar-refractivity contribution is 0.0315.